The molecule has 0 saturated carbocycles. The summed E-state index contributed by atoms with van der Waals surface area (Å²) in [7, 11) is 0. The van der Waals surface area contributed by atoms with Gasteiger partial charge in [0.1, 0.15) is 6.79 Å². The molecule has 0 aliphatic heterocycles. The minimum absolute atomic E-state index is 0.931. The van der Waals surface area contributed by atoms with Crippen molar-refractivity contribution < 1.29 is 4.79 Å². The van der Waals surface area contributed by atoms with Gasteiger partial charge in [-0.25, -0.2) is 0 Å². The molecule has 4 heteroatoms. The second kappa shape index (κ2) is 17.8. The van der Waals surface area contributed by atoms with Crippen molar-refractivity contribution in [2.45, 2.75) is 0 Å². The second-order valence-electron chi connectivity index (χ2n) is 0.101. The molecule has 0 heterocycles. The summed E-state index contributed by atoms with van der Waals surface area (Å²) < 4.78 is 0. The zero-order chi connectivity index (χ0) is 4.71. The summed E-state index contributed by atoms with van der Waals surface area (Å²) in [6.07, 6.45) is 9.90. The first-order valence-corrected chi connectivity index (χ1v) is 6.90. The molecule has 0 aliphatic rings. The van der Waals surface area contributed by atoms with Gasteiger partial charge in [-0.1, -0.05) is 0 Å². The first-order valence-electron chi connectivity index (χ1n) is 0.823. The number of hydrogen-bond acceptors (Lipinski definition) is 1. The van der Waals surface area contributed by atoms with E-state index in [0.29, 0.717) is 0 Å². The summed E-state index contributed by atoms with van der Waals surface area (Å²) in [4.78, 5) is 8.00. The van der Waals surface area contributed by atoms with Crippen LogP contribution in [0.4, 0.5) is 0 Å². The molecule has 0 saturated heterocycles. The minimum atomic E-state index is -0.931. The van der Waals surface area contributed by atoms with Crippen molar-refractivity contribution in [1.29, 1.82) is 0 Å². The Kier molecular flexibility index (Phi) is 34.6. The fourth-order valence-corrected chi connectivity index (χ4v) is 0. The average molecular weight is 141 g/mol. The molecule has 0 aromatic heterocycles. The molecule has 0 N–H and O–H groups in total. The van der Waals surface area contributed by atoms with Crippen molar-refractivity contribution in [1.82, 2.24) is 0 Å². The summed E-state index contributed by atoms with van der Waals surface area (Å²) in [6, 6.07) is 0. The molecule has 5 heavy (non-hydrogen) atoms. The van der Waals surface area contributed by atoms with Gasteiger partial charge < -0.3 is 4.79 Å². The molecular weight excluding hydrogens is 139 g/mol. The number of carbonyl (C=O) groups is 1. The Balaban J connectivity index is 0. The van der Waals surface area contributed by atoms with Gasteiger partial charge in [-0.3, -0.25) is 0 Å². The van der Waals surface area contributed by atoms with E-state index in [1.54, 1.807) is 0 Å². The van der Waals surface area contributed by atoms with Crippen LogP contribution in [0.3, 0.4) is 0 Å². The predicted molar refractivity (Wildman–Crippen MR) is 24.6 cm³/mol. The van der Waals surface area contributed by atoms with E-state index in [9.17, 15) is 0 Å². The third-order valence-electron chi connectivity index (χ3n) is 0. The van der Waals surface area contributed by atoms with Crippen molar-refractivity contribution in [3.8, 4) is 0 Å². The predicted octanol–water partition coefficient (Wildman–Crippen LogP) is 0.813. The maximum atomic E-state index is 8.00. The standard InChI is InChI=1S/CH2O.Ca.2ClH/c1-2;;;/h1H2;;2*1H/q;+2;;/p-2. The van der Waals surface area contributed by atoms with Crippen LogP contribution in [0, 0.1) is 0 Å². The Labute approximate surface area is 54.4 Å². The van der Waals surface area contributed by atoms with Gasteiger partial charge in [0.25, 0.3) is 0 Å². The normalized spacial score (nSPS) is 2.80. The summed E-state index contributed by atoms with van der Waals surface area (Å²) in [5.74, 6) is 0. The van der Waals surface area contributed by atoms with E-state index in [2.05, 4.69) is 0 Å². The molecule has 0 spiro atoms. The van der Waals surface area contributed by atoms with Crippen LogP contribution in [0.15, 0.2) is 0 Å². The second-order valence-corrected chi connectivity index (χ2v) is 3.75. The summed E-state index contributed by atoms with van der Waals surface area (Å²) in [6.45, 7) is 2.00. The van der Waals surface area contributed by atoms with E-state index in [1.807, 2.05) is 6.79 Å². The van der Waals surface area contributed by atoms with Gasteiger partial charge >= 0.3 is 43.6 Å². The number of rotatable bonds is 0. The first-order chi connectivity index (χ1) is 2.41. The third-order valence-corrected chi connectivity index (χ3v) is 0. The van der Waals surface area contributed by atoms with Crippen LogP contribution in [-0.4, -0.2) is 37.6 Å². The van der Waals surface area contributed by atoms with Crippen LogP contribution >= 0.6 is 12.8 Å². The number of hydrogen-bond donors (Lipinski definition) is 0. The zero-order valence-electron chi connectivity index (χ0n) is 2.58. The average Bonchev–Trinajstić information content (AvgIpc) is 1.46. The molecule has 0 amide bonds. The number of halogens is 2. The van der Waals surface area contributed by atoms with Crippen molar-refractivity contribution >= 4 is 50.4 Å². The van der Waals surface area contributed by atoms with Crippen molar-refractivity contribution in [2.75, 3.05) is 0 Å². The molecule has 0 rings (SSSR count). The maximum absolute atomic E-state index is 8.00. The quantitative estimate of drug-likeness (QED) is 0.456. The van der Waals surface area contributed by atoms with Crippen LogP contribution < -0.4 is 0 Å². The topological polar surface area (TPSA) is 17.1 Å². The Morgan fingerprint density at radius 2 is 1.40 bits per heavy atom. The molecule has 0 atom stereocenters. The molecule has 0 unspecified atom stereocenters. The summed E-state index contributed by atoms with van der Waals surface area (Å²) >= 11 is -0.931. The van der Waals surface area contributed by atoms with Gasteiger partial charge in [0.2, 0.25) is 0 Å². The fourth-order valence-electron chi connectivity index (χ4n) is 0. The molecule has 0 fully saturated rings. The molecule has 0 radical (unpaired) electrons. The van der Waals surface area contributed by atoms with Crippen LogP contribution in [0.25, 0.3) is 0 Å². The van der Waals surface area contributed by atoms with E-state index in [0.717, 1.165) is 0 Å². The summed E-state index contributed by atoms with van der Waals surface area (Å²) in [5, 5.41) is 0. The van der Waals surface area contributed by atoms with Crippen molar-refractivity contribution in [2.24, 2.45) is 0 Å². The first kappa shape index (κ1) is 9.72. The van der Waals surface area contributed by atoms with E-state index < -0.39 is 30.8 Å². The van der Waals surface area contributed by atoms with Crippen LogP contribution in [-0.2, 0) is 4.79 Å². The molecule has 0 aromatic carbocycles. The monoisotopic (exact) mass is 140 g/mol. The molecule has 0 aliphatic carbocycles. The SMILES string of the molecule is C=O.[Cl][Ca][Cl]. The molecule has 1 nitrogen and oxygen atoms in total. The molecular formula is CH2CaCl2O. The van der Waals surface area contributed by atoms with E-state index in [1.165, 1.54) is 0 Å². The molecule has 28 valence electrons. The van der Waals surface area contributed by atoms with Gasteiger partial charge in [-0.15, -0.1) is 0 Å². The van der Waals surface area contributed by atoms with Gasteiger partial charge in [-0.2, -0.15) is 0 Å². The zero-order valence-corrected chi connectivity index (χ0v) is 6.30. The Hall–Kier alpha value is 1.51. The van der Waals surface area contributed by atoms with Crippen molar-refractivity contribution in [3.63, 3.8) is 0 Å². The third kappa shape index (κ3) is 29.8. The van der Waals surface area contributed by atoms with Gasteiger partial charge in [0, 0.05) is 0 Å². The van der Waals surface area contributed by atoms with Gasteiger partial charge in [0.15, 0.2) is 0 Å². The van der Waals surface area contributed by atoms with Crippen LogP contribution in [0.2, 0.25) is 0 Å². The van der Waals surface area contributed by atoms with E-state index in [4.69, 9.17) is 17.6 Å². The Bertz CT molecular complexity index is 13.6. The van der Waals surface area contributed by atoms with Crippen LogP contribution in [0.5, 0.6) is 0 Å². The molecule has 0 bridgehead atoms. The van der Waals surface area contributed by atoms with Gasteiger partial charge in [0.05, 0.1) is 0 Å². The number of carbonyl (C=O) groups excluding carboxylic acids is 1. The van der Waals surface area contributed by atoms with Crippen LogP contribution in [0.1, 0.15) is 0 Å². The van der Waals surface area contributed by atoms with Gasteiger partial charge in [-0.05, 0) is 0 Å². The Morgan fingerprint density at radius 1 is 1.40 bits per heavy atom. The van der Waals surface area contributed by atoms with E-state index >= 15 is 0 Å². The van der Waals surface area contributed by atoms with E-state index in [-0.39, 0.29) is 0 Å². The summed E-state index contributed by atoms with van der Waals surface area (Å²) in [5.41, 5.74) is 0. The fraction of sp³-hybridized carbons (Fsp3) is 0. The molecule has 0 aromatic rings. The van der Waals surface area contributed by atoms with Crippen molar-refractivity contribution in [3.05, 3.63) is 0 Å². The Morgan fingerprint density at radius 3 is 1.40 bits per heavy atom.